The number of aromatic nitrogens is 1. The lowest BCUT2D eigenvalue weighted by molar-refractivity contribution is 0.119. The second-order valence-electron chi connectivity index (χ2n) is 2.80. The summed E-state index contributed by atoms with van der Waals surface area (Å²) < 4.78 is 5.13. The number of hydrogen-bond acceptors (Lipinski definition) is 3. The Kier molecular flexibility index (Phi) is 3.05. The maximum atomic E-state index is 5.66. The topological polar surface area (TPSA) is 48.1 Å². The van der Waals surface area contributed by atoms with Gasteiger partial charge in [0.1, 0.15) is 5.82 Å². The standard InChI is InChI=1S/C9H14N2O/c1-7(12-2)6-8-4-3-5-11-9(8)10/h3-5,7H,6H2,1-2H3,(H2,10,11). The number of nitrogens with zero attached hydrogens (tertiary/aromatic N) is 1. The summed E-state index contributed by atoms with van der Waals surface area (Å²) in [5.41, 5.74) is 6.70. The highest BCUT2D eigenvalue weighted by Gasteiger charge is 2.04. The smallest absolute Gasteiger partial charge is 0.126 e. The van der Waals surface area contributed by atoms with Crippen LogP contribution >= 0.6 is 0 Å². The van der Waals surface area contributed by atoms with Crippen LogP contribution in [0, 0.1) is 0 Å². The van der Waals surface area contributed by atoms with E-state index in [0.29, 0.717) is 5.82 Å². The molecule has 0 aliphatic heterocycles. The first kappa shape index (κ1) is 9.00. The van der Waals surface area contributed by atoms with Crippen LogP contribution in [0.5, 0.6) is 0 Å². The lowest BCUT2D eigenvalue weighted by Crippen LogP contribution is -2.10. The second-order valence-corrected chi connectivity index (χ2v) is 2.80. The van der Waals surface area contributed by atoms with Crippen molar-refractivity contribution in [3.05, 3.63) is 23.9 Å². The third-order valence-electron chi connectivity index (χ3n) is 1.84. The van der Waals surface area contributed by atoms with Gasteiger partial charge in [-0.3, -0.25) is 0 Å². The van der Waals surface area contributed by atoms with E-state index in [1.165, 1.54) is 0 Å². The van der Waals surface area contributed by atoms with E-state index < -0.39 is 0 Å². The molecule has 12 heavy (non-hydrogen) atoms. The molecular formula is C9H14N2O. The molecule has 0 bridgehead atoms. The van der Waals surface area contributed by atoms with Crippen molar-refractivity contribution in [2.24, 2.45) is 0 Å². The molecule has 0 spiro atoms. The Morgan fingerprint density at radius 2 is 2.42 bits per heavy atom. The summed E-state index contributed by atoms with van der Waals surface area (Å²) in [5.74, 6) is 0.599. The summed E-state index contributed by atoms with van der Waals surface area (Å²) in [5, 5.41) is 0. The molecule has 0 saturated heterocycles. The molecule has 0 amide bonds. The van der Waals surface area contributed by atoms with Gasteiger partial charge in [-0.2, -0.15) is 0 Å². The quantitative estimate of drug-likeness (QED) is 0.735. The Bertz CT molecular complexity index is 250. The average Bonchev–Trinajstić information content (AvgIpc) is 2.09. The maximum absolute atomic E-state index is 5.66. The first-order chi connectivity index (χ1) is 5.74. The monoisotopic (exact) mass is 166 g/mol. The first-order valence-electron chi connectivity index (χ1n) is 3.96. The van der Waals surface area contributed by atoms with E-state index >= 15 is 0 Å². The number of pyridine rings is 1. The normalized spacial score (nSPS) is 12.8. The van der Waals surface area contributed by atoms with Gasteiger partial charge in [0.05, 0.1) is 6.10 Å². The van der Waals surface area contributed by atoms with Crippen LogP contribution in [0.4, 0.5) is 5.82 Å². The summed E-state index contributed by atoms with van der Waals surface area (Å²) in [6.07, 6.45) is 2.70. The molecule has 0 saturated carbocycles. The number of nitrogens with two attached hydrogens (primary N) is 1. The third-order valence-corrected chi connectivity index (χ3v) is 1.84. The molecule has 1 aromatic heterocycles. The fourth-order valence-corrected chi connectivity index (χ4v) is 1.02. The second kappa shape index (κ2) is 4.07. The molecule has 1 heterocycles. The Labute approximate surface area is 72.6 Å². The molecule has 0 aliphatic rings. The van der Waals surface area contributed by atoms with Gasteiger partial charge in [-0.1, -0.05) is 6.07 Å². The molecule has 1 unspecified atom stereocenters. The van der Waals surface area contributed by atoms with Gasteiger partial charge in [-0.25, -0.2) is 4.98 Å². The van der Waals surface area contributed by atoms with Crippen LogP contribution < -0.4 is 5.73 Å². The van der Waals surface area contributed by atoms with Crippen molar-refractivity contribution < 1.29 is 4.74 Å². The zero-order valence-corrected chi connectivity index (χ0v) is 7.45. The predicted molar refractivity (Wildman–Crippen MR) is 48.8 cm³/mol. The Balaban J connectivity index is 2.69. The van der Waals surface area contributed by atoms with E-state index in [-0.39, 0.29) is 6.10 Å². The highest BCUT2D eigenvalue weighted by atomic mass is 16.5. The first-order valence-corrected chi connectivity index (χ1v) is 3.96. The summed E-state index contributed by atoms with van der Waals surface area (Å²) >= 11 is 0. The summed E-state index contributed by atoms with van der Waals surface area (Å²) in [6, 6.07) is 3.85. The zero-order valence-electron chi connectivity index (χ0n) is 7.45. The fraction of sp³-hybridized carbons (Fsp3) is 0.444. The number of anilines is 1. The van der Waals surface area contributed by atoms with Gasteiger partial charge in [-0.15, -0.1) is 0 Å². The number of rotatable bonds is 3. The van der Waals surface area contributed by atoms with Crippen LogP contribution in [-0.4, -0.2) is 18.2 Å². The molecule has 2 N–H and O–H groups in total. The highest BCUT2D eigenvalue weighted by molar-refractivity contribution is 5.38. The van der Waals surface area contributed by atoms with E-state index in [9.17, 15) is 0 Å². The van der Waals surface area contributed by atoms with Gasteiger partial charge in [0.2, 0.25) is 0 Å². The molecule has 0 aromatic carbocycles. The van der Waals surface area contributed by atoms with E-state index in [1.807, 2.05) is 19.1 Å². The van der Waals surface area contributed by atoms with E-state index in [2.05, 4.69) is 4.98 Å². The fourth-order valence-electron chi connectivity index (χ4n) is 1.02. The van der Waals surface area contributed by atoms with Crippen LogP contribution in [0.25, 0.3) is 0 Å². The Morgan fingerprint density at radius 3 is 3.00 bits per heavy atom. The van der Waals surface area contributed by atoms with Crippen molar-refractivity contribution in [2.45, 2.75) is 19.4 Å². The van der Waals surface area contributed by atoms with Crippen molar-refractivity contribution in [1.82, 2.24) is 4.98 Å². The summed E-state index contributed by atoms with van der Waals surface area (Å²) in [6.45, 7) is 2.01. The highest BCUT2D eigenvalue weighted by Crippen LogP contribution is 2.10. The number of methoxy groups -OCH3 is 1. The van der Waals surface area contributed by atoms with Gasteiger partial charge in [-0.05, 0) is 18.6 Å². The molecule has 3 heteroatoms. The minimum atomic E-state index is 0.191. The Hall–Kier alpha value is -1.09. The molecule has 66 valence electrons. The van der Waals surface area contributed by atoms with Gasteiger partial charge in [0.15, 0.2) is 0 Å². The molecular weight excluding hydrogens is 152 g/mol. The maximum Gasteiger partial charge on any atom is 0.126 e. The average molecular weight is 166 g/mol. The lowest BCUT2D eigenvalue weighted by atomic mass is 10.1. The minimum absolute atomic E-state index is 0.191. The third kappa shape index (κ3) is 2.20. The predicted octanol–water partition coefficient (Wildman–Crippen LogP) is 1.24. The summed E-state index contributed by atoms with van der Waals surface area (Å²) in [4.78, 5) is 3.99. The van der Waals surface area contributed by atoms with Crippen LogP contribution in [-0.2, 0) is 11.2 Å². The minimum Gasteiger partial charge on any atom is -0.383 e. The van der Waals surface area contributed by atoms with Crippen LogP contribution in [0.3, 0.4) is 0 Å². The van der Waals surface area contributed by atoms with Crippen LogP contribution in [0.15, 0.2) is 18.3 Å². The molecule has 1 aromatic rings. The molecule has 1 atom stereocenters. The molecule has 3 nitrogen and oxygen atoms in total. The molecule has 0 radical (unpaired) electrons. The van der Waals surface area contributed by atoms with Gasteiger partial charge >= 0.3 is 0 Å². The van der Waals surface area contributed by atoms with Crippen molar-refractivity contribution in [3.63, 3.8) is 0 Å². The lowest BCUT2D eigenvalue weighted by Gasteiger charge is -2.09. The Morgan fingerprint density at radius 1 is 1.67 bits per heavy atom. The van der Waals surface area contributed by atoms with Gasteiger partial charge in [0.25, 0.3) is 0 Å². The van der Waals surface area contributed by atoms with E-state index in [4.69, 9.17) is 10.5 Å². The molecule has 0 fully saturated rings. The van der Waals surface area contributed by atoms with Gasteiger partial charge < -0.3 is 10.5 Å². The molecule has 0 aliphatic carbocycles. The molecule has 1 rings (SSSR count). The summed E-state index contributed by atoms with van der Waals surface area (Å²) in [7, 11) is 1.69. The zero-order chi connectivity index (χ0) is 8.97. The van der Waals surface area contributed by atoms with E-state index in [1.54, 1.807) is 13.3 Å². The van der Waals surface area contributed by atoms with E-state index in [0.717, 1.165) is 12.0 Å². The largest absolute Gasteiger partial charge is 0.383 e. The SMILES string of the molecule is COC(C)Cc1cccnc1N. The van der Waals surface area contributed by atoms with Gasteiger partial charge in [0, 0.05) is 19.7 Å². The van der Waals surface area contributed by atoms with Crippen molar-refractivity contribution in [3.8, 4) is 0 Å². The number of ether oxygens (including phenoxy) is 1. The van der Waals surface area contributed by atoms with Crippen LogP contribution in [0.2, 0.25) is 0 Å². The van der Waals surface area contributed by atoms with Crippen molar-refractivity contribution in [1.29, 1.82) is 0 Å². The van der Waals surface area contributed by atoms with Crippen LogP contribution in [0.1, 0.15) is 12.5 Å². The number of hydrogen-bond donors (Lipinski definition) is 1. The van der Waals surface area contributed by atoms with Crippen molar-refractivity contribution >= 4 is 5.82 Å². The number of nitrogen functional groups attached to an aromatic ring is 1. The van der Waals surface area contributed by atoms with Crippen molar-refractivity contribution in [2.75, 3.05) is 12.8 Å².